The Bertz CT molecular complexity index is 299. The number of alkyl halides is 1. The highest BCUT2D eigenvalue weighted by atomic mass is 35.5. The molecule has 1 rings (SSSR count). The van der Waals surface area contributed by atoms with Crippen LogP contribution in [-0.2, 0) is 6.42 Å². The van der Waals surface area contributed by atoms with Gasteiger partial charge in [0.2, 0.25) is 0 Å². The van der Waals surface area contributed by atoms with Gasteiger partial charge in [-0.25, -0.2) is 4.39 Å². The minimum atomic E-state index is -0.125. The van der Waals surface area contributed by atoms with Crippen molar-refractivity contribution in [1.82, 2.24) is 0 Å². The Morgan fingerprint density at radius 1 is 1.20 bits per heavy atom. The molecule has 0 bridgehead atoms. The van der Waals surface area contributed by atoms with Crippen LogP contribution in [0, 0.1) is 17.7 Å². The van der Waals surface area contributed by atoms with Crippen LogP contribution in [-0.4, -0.2) is 5.38 Å². The summed E-state index contributed by atoms with van der Waals surface area (Å²) >= 11 is 6.12. The van der Waals surface area contributed by atoms with Crippen molar-refractivity contribution in [3.05, 3.63) is 35.6 Å². The molecular weight excluding hydrogens is 211 g/mol. The third-order valence-electron chi connectivity index (χ3n) is 2.86. The van der Waals surface area contributed by atoms with Crippen molar-refractivity contribution in [3.63, 3.8) is 0 Å². The van der Waals surface area contributed by atoms with Gasteiger partial charge in [-0.15, -0.1) is 11.6 Å². The average Bonchev–Trinajstić information content (AvgIpc) is 2.15. The Kier molecular flexibility index (Phi) is 4.59. The first kappa shape index (κ1) is 12.5. The van der Waals surface area contributed by atoms with Gasteiger partial charge in [-0.05, 0) is 36.8 Å². The lowest BCUT2D eigenvalue weighted by Crippen LogP contribution is -2.21. The summed E-state index contributed by atoms with van der Waals surface area (Å²) in [5.74, 6) is 0.668. The van der Waals surface area contributed by atoms with E-state index in [2.05, 4.69) is 13.8 Å². The van der Waals surface area contributed by atoms with E-state index in [9.17, 15) is 4.39 Å². The molecule has 15 heavy (non-hydrogen) atoms. The van der Waals surface area contributed by atoms with E-state index in [0.29, 0.717) is 11.8 Å². The van der Waals surface area contributed by atoms with Crippen LogP contribution in [0.5, 0.6) is 0 Å². The molecule has 0 spiro atoms. The Morgan fingerprint density at radius 2 is 1.80 bits per heavy atom. The first-order valence-electron chi connectivity index (χ1n) is 5.40. The summed E-state index contributed by atoms with van der Waals surface area (Å²) in [6.07, 6.45) is 0.717. The maximum Gasteiger partial charge on any atom is 0.126 e. The molecule has 2 heteroatoms. The molecule has 0 saturated carbocycles. The predicted octanol–water partition coefficient (Wildman–Crippen LogP) is 4.27. The van der Waals surface area contributed by atoms with Crippen molar-refractivity contribution in [2.24, 2.45) is 11.8 Å². The van der Waals surface area contributed by atoms with Crippen molar-refractivity contribution >= 4 is 11.6 Å². The lowest BCUT2D eigenvalue weighted by Gasteiger charge is -2.23. The summed E-state index contributed by atoms with van der Waals surface area (Å²) in [5.41, 5.74) is 0.767. The molecule has 1 aromatic carbocycles. The van der Waals surface area contributed by atoms with E-state index >= 15 is 0 Å². The fourth-order valence-electron chi connectivity index (χ4n) is 1.85. The first-order valence-corrected chi connectivity index (χ1v) is 5.83. The van der Waals surface area contributed by atoms with Crippen LogP contribution < -0.4 is 0 Å². The summed E-state index contributed by atoms with van der Waals surface area (Å²) in [4.78, 5) is 0. The lowest BCUT2D eigenvalue weighted by molar-refractivity contribution is 0.371. The first-order chi connectivity index (χ1) is 7.02. The van der Waals surface area contributed by atoms with Gasteiger partial charge < -0.3 is 0 Å². The molecule has 2 unspecified atom stereocenters. The molecule has 0 aliphatic rings. The van der Waals surface area contributed by atoms with Crippen molar-refractivity contribution in [1.29, 1.82) is 0 Å². The summed E-state index contributed by atoms with van der Waals surface area (Å²) in [6.45, 7) is 6.24. The fourth-order valence-corrected chi connectivity index (χ4v) is 2.23. The molecule has 1 aromatic rings. The van der Waals surface area contributed by atoms with Gasteiger partial charge >= 0.3 is 0 Å². The maximum atomic E-state index is 13.4. The molecule has 0 N–H and O–H groups in total. The van der Waals surface area contributed by atoms with E-state index in [1.165, 1.54) is 6.07 Å². The minimum Gasteiger partial charge on any atom is -0.207 e. The monoisotopic (exact) mass is 228 g/mol. The Labute approximate surface area is 96.5 Å². The molecule has 0 radical (unpaired) electrons. The zero-order valence-electron chi connectivity index (χ0n) is 9.50. The highest BCUT2D eigenvalue weighted by Crippen LogP contribution is 2.25. The van der Waals surface area contributed by atoms with Crippen molar-refractivity contribution in [3.8, 4) is 0 Å². The summed E-state index contributed by atoms with van der Waals surface area (Å²) in [6, 6.07) is 6.93. The van der Waals surface area contributed by atoms with E-state index < -0.39 is 0 Å². The topological polar surface area (TPSA) is 0 Å². The second kappa shape index (κ2) is 5.50. The van der Waals surface area contributed by atoms with E-state index in [1.54, 1.807) is 6.07 Å². The van der Waals surface area contributed by atoms with Crippen molar-refractivity contribution in [2.75, 3.05) is 0 Å². The van der Waals surface area contributed by atoms with Crippen LogP contribution in [0.4, 0.5) is 4.39 Å². The Hall–Kier alpha value is -0.560. The van der Waals surface area contributed by atoms with Crippen LogP contribution >= 0.6 is 11.6 Å². The Morgan fingerprint density at radius 3 is 2.27 bits per heavy atom. The van der Waals surface area contributed by atoms with Crippen molar-refractivity contribution in [2.45, 2.75) is 32.6 Å². The molecule has 0 heterocycles. The van der Waals surface area contributed by atoms with E-state index in [4.69, 9.17) is 11.6 Å². The molecule has 0 aliphatic heterocycles. The zero-order chi connectivity index (χ0) is 11.4. The van der Waals surface area contributed by atoms with Crippen LogP contribution in [0.15, 0.2) is 24.3 Å². The molecule has 0 aliphatic carbocycles. The second-order valence-corrected chi connectivity index (χ2v) is 5.07. The molecule has 0 nitrogen and oxygen atoms in total. The maximum absolute atomic E-state index is 13.4. The molecular formula is C13H18ClF. The van der Waals surface area contributed by atoms with E-state index in [-0.39, 0.29) is 11.2 Å². The summed E-state index contributed by atoms with van der Waals surface area (Å²) in [5, 5.41) is 0.0737. The molecule has 0 aromatic heterocycles. The van der Waals surface area contributed by atoms with Crippen LogP contribution in [0.1, 0.15) is 26.3 Å². The number of hydrogen-bond donors (Lipinski definition) is 0. The van der Waals surface area contributed by atoms with Crippen molar-refractivity contribution < 1.29 is 4.39 Å². The largest absolute Gasteiger partial charge is 0.207 e. The highest BCUT2D eigenvalue weighted by molar-refractivity contribution is 6.20. The van der Waals surface area contributed by atoms with Gasteiger partial charge in [-0.3, -0.25) is 0 Å². The number of rotatable bonds is 4. The van der Waals surface area contributed by atoms with E-state index in [1.807, 2.05) is 19.1 Å². The van der Waals surface area contributed by atoms with Gasteiger partial charge in [0.15, 0.2) is 0 Å². The molecule has 0 amide bonds. The number of benzene rings is 1. The van der Waals surface area contributed by atoms with Crippen LogP contribution in [0.25, 0.3) is 0 Å². The highest BCUT2D eigenvalue weighted by Gasteiger charge is 2.20. The normalized spacial score (nSPS) is 15.3. The minimum absolute atomic E-state index is 0.0737. The predicted molar refractivity (Wildman–Crippen MR) is 63.7 cm³/mol. The third-order valence-corrected chi connectivity index (χ3v) is 3.18. The van der Waals surface area contributed by atoms with Gasteiger partial charge in [0, 0.05) is 5.38 Å². The zero-order valence-corrected chi connectivity index (χ0v) is 10.3. The summed E-state index contributed by atoms with van der Waals surface area (Å²) < 4.78 is 13.4. The molecule has 0 fully saturated rings. The standard InChI is InChI=1S/C13H18ClF/c1-9(2)12(10(3)14)8-11-6-4-5-7-13(11)15/h4-7,9-10,12H,8H2,1-3H3. The molecule has 84 valence electrons. The van der Waals surface area contributed by atoms with Crippen LogP contribution in [0.3, 0.4) is 0 Å². The molecule has 0 saturated heterocycles. The third kappa shape index (κ3) is 3.49. The average molecular weight is 229 g/mol. The van der Waals surface area contributed by atoms with Gasteiger partial charge in [0.05, 0.1) is 0 Å². The van der Waals surface area contributed by atoms with Gasteiger partial charge in [-0.2, -0.15) is 0 Å². The number of halogens is 2. The summed E-state index contributed by atoms with van der Waals surface area (Å²) in [7, 11) is 0. The number of hydrogen-bond acceptors (Lipinski definition) is 0. The Balaban J connectivity index is 2.79. The quantitative estimate of drug-likeness (QED) is 0.676. The lowest BCUT2D eigenvalue weighted by atomic mass is 9.87. The van der Waals surface area contributed by atoms with E-state index in [0.717, 1.165) is 12.0 Å². The smallest absolute Gasteiger partial charge is 0.126 e. The molecule has 2 atom stereocenters. The van der Waals surface area contributed by atoms with Gasteiger partial charge in [0.25, 0.3) is 0 Å². The van der Waals surface area contributed by atoms with Crippen LogP contribution in [0.2, 0.25) is 0 Å². The fraction of sp³-hybridized carbons (Fsp3) is 0.538. The SMILES string of the molecule is CC(C)C(Cc1ccccc1F)C(C)Cl. The van der Waals surface area contributed by atoms with Gasteiger partial charge in [0.1, 0.15) is 5.82 Å². The van der Waals surface area contributed by atoms with Gasteiger partial charge in [-0.1, -0.05) is 32.0 Å². The second-order valence-electron chi connectivity index (χ2n) is 4.38.